The van der Waals surface area contributed by atoms with Gasteiger partial charge >= 0.3 is 0 Å². The number of piperidine rings is 1. The predicted octanol–water partition coefficient (Wildman–Crippen LogP) is 3.51. The van der Waals surface area contributed by atoms with Crippen LogP contribution in [0, 0.1) is 0 Å². The number of nitrogens with one attached hydrogen (secondary N) is 1. The van der Waals surface area contributed by atoms with E-state index in [4.69, 9.17) is 0 Å². The second kappa shape index (κ2) is 8.14. The van der Waals surface area contributed by atoms with Gasteiger partial charge in [-0.3, -0.25) is 9.69 Å². The Morgan fingerprint density at radius 2 is 1.89 bits per heavy atom. The highest BCUT2D eigenvalue weighted by atomic mass is 16.1. The van der Waals surface area contributed by atoms with E-state index in [9.17, 15) is 4.79 Å². The van der Waals surface area contributed by atoms with Crippen molar-refractivity contribution in [3.63, 3.8) is 0 Å². The van der Waals surface area contributed by atoms with Crippen molar-refractivity contribution < 1.29 is 4.79 Å². The number of carbonyl (C=O) groups excluding carboxylic acids is 1. The van der Waals surface area contributed by atoms with Crippen molar-refractivity contribution in [1.29, 1.82) is 0 Å². The number of anilines is 1. The Labute approximate surface area is 158 Å². The Bertz CT molecular complexity index is 900. The highest BCUT2D eigenvalue weighted by Crippen LogP contribution is 2.17. The van der Waals surface area contributed by atoms with Gasteiger partial charge in [-0.2, -0.15) is 5.10 Å². The van der Waals surface area contributed by atoms with Crippen LogP contribution >= 0.6 is 0 Å². The minimum absolute atomic E-state index is 0.132. The lowest BCUT2D eigenvalue weighted by Crippen LogP contribution is -2.29. The van der Waals surface area contributed by atoms with Crippen LogP contribution in [0.4, 0.5) is 5.69 Å². The van der Waals surface area contributed by atoms with Crippen molar-refractivity contribution in [2.75, 3.05) is 18.4 Å². The van der Waals surface area contributed by atoms with Gasteiger partial charge in [0.25, 0.3) is 5.91 Å². The maximum absolute atomic E-state index is 12.7. The number of nitrogens with zero attached hydrogens (tertiary/aromatic N) is 4. The number of hydrogen-bond donors (Lipinski definition) is 1. The third-order valence-electron chi connectivity index (χ3n) is 4.83. The van der Waals surface area contributed by atoms with Crippen LogP contribution in [0.25, 0.3) is 5.69 Å². The number of carbonyl (C=O) groups is 1. The van der Waals surface area contributed by atoms with Crippen LogP contribution < -0.4 is 5.32 Å². The molecule has 0 aliphatic carbocycles. The Hall–Kier alpha value is -2.99. The molecule has 1 aromatic heterocycles. The smallest absolute Gasteiger partial charge is 0.255 e. The van der Waals surface area contributed by atoms with Crippen molar-refractivity contribution in [2.45, 2.75) is 25.8 Å². The van der Waals surface area contributed by atoms with Gasteiger partial charge in [-0.25, -0.2) is 9.67 Å². The van der Waals surface area contributed by atoms with E-state index in [2.05, 4.69) is 32.4 Å². The van der Waals surface area contributed by atoms with Crippen LogP contribution in [-0.2, 0) is 6.54 Å². The van der Waals surface area contributed by atoms with Crippen molar-refractivity contribution >= 4 is 11.6 Å². The van der Waals surface area contributed by atoms with Crippen molar-refractivity contribution in [2.24, 2.45) is 0 Å². The summed E-state index contributed by atoms with van der Waals surface area (Å²) < 4.78 is 1.63. The molecule has 0 unspecified atom stereocenters. The third-order valence-corrected chi connectivity index (χ3v) is 4.83. The Morgan fingerprint density at radius 3 is 2.70 bits per heavy atom. The summed E-state index contributed by atoms with van der Waals surface area (Å²) in [6.45, 7) is 3.25. The number of amides is 1. The lowest BCUT2D eigenvalue weighted by atomic mass is 10.1. The zero-order valence-electron chi connectivity index (χ0n) is 15.2. The average molecular weight is 361 g/mol. The molecule has 1 saturated heterocycles. The van der Waals surface area contributed by atoms with Crippen molar-refractivity contribution in [3.05, 3.63) is 72.3 Å². The lowest BCUT2D eigenvalue weighted by Gasteiger charge is -2.26. The minimum Gasteiger partial charge on any atom is -0.322 e. The molecule has 2 aromatic carbocycles. The van der Waals surface area contributed by atoms with E-state index in [1.165, 1.54) is 31.2 Å². The van der Waals surface area contributed by atoms with Gasteiger partial charge in [-0.05, 0) is 61.8 Å². The molecule has 1 fully saturated rings. The summed E-state index contributed by atoms with van der Waals surface area (Å²) in [5.41, 5.74) is 3.44. The molecule has 0 spiro atoms. The predicted molar refractivity (Wildman–Crippen MR) is 105 cm³/mol. The summed E-state index contributed by atoms with van der Waals surface area (Å²) >= 11 is 0. The summed E-state index contributed by atoms with van der Waals surface area (Å²) in [6, 6.07) is 15.5. The van der Waals surface area contributed by atoms with Gasteiger partial charge in [0.15, 0.2) is 0 Å². The highest BCUT2D eigenvalue weighted by Gasteiger charge is 2.12. The maximum Gasteiger partial charge on any atom is 0.255 e. The number of rotatable bonds is 5. The second-order valence-electron chi connectivity index (χ2n) is 6.88. The molecule has 2 heterocycles. The first-order valence-electron chi connectivity index (χ1n) is 9.36. The van der Waals surface area contributed by atoms with Gasteiger partial charge in [0.05, 0.1) is 5.69 Å². The third kappa shape index (κ3) is 4.41. The van der Waals surface area contributed by atoms with E-state index in [1.54, 1.807) is 17.1 Å². The van der Waals surface area contributed by atoms with Crippen LogP contribution in [-0.4, -0.2) is 38.7 Å². The Kier molecular flexibility index (Phi) is 5.25. The standard InChI is InChI=1S/C21H23N5O/c27-21(18-7-5-9-20(13-18)26-16-22-15-23-26)24-19-8-4-6-17(12-19)14-25-10-2-1-3-11-25/h4-9,12-13,15-16H,1-3,10-11,14H2,(H,24,27). The first-order valence-corrected chi connectivity index (χ1v) is 9.36. The Balaban J connectivity index is 1.45. The molecule has 0 radical (unpaired) electrons. The van der Waals surface area contributed by atoms with Crippen molar-refractivity contribution in [3.8, 4) is 5.69 Å². The summed E-state index contributed by atoms with van der Waals surface area (Å²) in [6.07, 6.45) is 6.97. The number of benzene rings is 2. The molecule has 1 N–H and O–H groups in total. The van der Waals surface area contributed by atoms with E-state index in [1.807, 2.05) is 30.3 Å². The molecular weight excluding hydrogens is 338 g/mol. The first kappa shape index (κ1) is 17.4. The van der Waals surface area contributed by atoms with Crippen LogP contribution in [0.3, 0.4) is 0 Å². The van der Waals surface area contributed by atoms with Crippen LogP contribution in [0.1, 0.15) is 35.2 Å². The van der Waals surface area contributed by atoms with Gasteiger partial charge in [0, 0.05) is 17.8 Å². The normalized spacial score (nSPS) is 14.8. The largest absolute Gasteiger partial charge is 0.322 e. The van der Waals surface area contributed by atoms with E-state index >= 15 is 0 Å². The van der Waals surface area contributed by atoms with Gasteiger partial charge in [-0.1, -0.05) is 24.6 Å². The molecule has 6 heteroatoms. The summed E-state index contributed by atoms with van der Waals surface area (Å²) in [7, 11) is 0. The van der Waals surface area contributed by atoms with Gasteiger partial charge < -0.3 is 5.32 Å². The van der Waals surface area contributed by atoms with E-state index in [-0.39, 0.29) is 5.91 Å². The SMILES string of the molecule is O=C(Nc1cccc(CN2CCCCC2)c1)c1cccc(-n2cncn2)c1. The monoisotopic (exact) mass is 361 g/mol. The lowest BCUT2D eigenvalue weighted by molar-refractivity contribution is 0.102. The molecule has 4 rings (SSSR count). The fraction of sp³-hybridized carbons (Fsp3) is 0.286. The first-order chi connectivity index (χ1) is 13.3. The molecule has 0 bridgehead atoms. The fourth-order valence-electron chi connectivity index (χ4n) is 3.46. The molecule has 1 aliphatic heterocycles. The second-order valence-corrected chi connectivity index (χ2v) is 6.88. The zero-order chi connectivity index (χ0) is 18.5. The topological polar surface area (TPSA) is 63.1 Å². The fourth-order valence-corrected chi connectivity index (χ4v) is 3.46. The maximum atomic E-state index is 12.7. The molecule has 138 valence electrons. The number of likely N-dealkylation sites (tertiary alicyclic amines) is 1. The summed E-state index contributed by atoms with van der Waals surface area (Å²) in [5.74, 6) is -0.132. The van der Waals surface area contributed by atoms with E-state index in [0.717, 1.165) is 31.0 Å². The molecule has 6 nitrogen and oxygen atoms in total. The highest BCUT2D eigenvalue weighted by molar-refractivity contribution is 6.04. The zero-order valence-corrected chi connectivity index (χ0v) is 15.2. The van der Waals surface area contributed by atoms with Crippen LogP contribution in [0.2, 0.25) is 0 Å². The van der Waals surface area contributed by atoms with Crippen molar-refractivity contribution in [1.82, 2.24) is 19.7 Å². The minimum atomic E-state index is -0.132. The summed E-state index contributed by atoms with van der Waals surface area (Å²) in [5, 5.41) is 7.11. The van der Waals surface area contributed by atoms with Crippen LogP contribution in [0.15, 0.2) is 61.2 Å². The Morgan fingerprint density at radius 1 is 1.04 bits per heavy atom. The molecule has 0 saturated carbocycles. The number of aromatic nitrogens is 3. The molecule has 1 amide bonds. The molecule has 0 atom stereocenters. The van der Waals surface area contributed by atoms with E-state index in [0.29, 0.717) is 5.56 Å². The van der Waals surface area contributed by atoms with E-state index < -0.39 is 0 Å². The molecular formula is C21H23N5O. The quantitative estimate of drug-likeness (QED) is 0.755. The van der Waals surface area contributed by atoms with Gasteiger partial charge in [0.1, 0.15) is 12.7 Å². The van der Waals surface area contributed by atoms with Gasteiger partial charge in [-0.15, -0.1) is 0 Å². The number of hydrogen-bond acceptors (Lipinski definition) is 4. The van der Waals surface area contributed by atoms with Gasteiger partial charge in [0.2, 0.25) is 0 Å². The average Bonchev–Trinajstić information content (AvgIpc) is 3.24. The molecule has 3 aromatic rings. The molecule has 27 heavy (non-hydrogen) atoms. The molecule has 1 aliphatic rings. The summed E-state index contributed by atoms with van der Waals surface area (Å²) in [4.78, 5) is 19.1. The van der Waals surface area contributed by atoms with Crippen LogP contribution in [0.5, 0.6) is 0 Å².